The highest BCUT2D eigenvalue weighted by Gasteiger charge is 2.12. The second-order valence-electron chi connectivity index (χ2n) is 3.94. The van der Waals surface area contributed by atoms with Gasteiger partial charge in [-0.1, -0.05) is 29.3 Å². The fraction of sp³-hybridized carbons (Fsp3) is 0.462. The van der Waals surface area contributed by atoms with Gasteiger partial charge in [0.25, 0.3) is 0 Å². The van der Waals surface area contributed by atoms with Gasteiger partial charge >= 0.3 is 0 Å². The summed E-state index contributed by atoms with van der Waals surface area (Å²) in [5, 5.41) is 0.980. The number of nitrogens with zero attached hydrogens (tertiary/aromatic N) is 1. The van der Waals surface area contributed by atoms with Crippen LogP contribution < -0.4 is 0 Å². The van der Waals surface area contributed by atoms with Crippen LogP contribution in [0.5, 0.6) is 0 Å². The Hall–Kier alpha value is -0.440. The minimum Gasteiger partial charge on any atom is -0.343 e. The summed E-state index contributed by atoms with van der Waals surface area (Å²) in [5.74, 6) is 0.650. The zero-order valence-corrected chi connectivity index (χ0v) is 12.5. The molecule has 0 aromatic heterocycles. The third-order valence-electron chi connectivity index (χ3n) is 2.64. The van der Waals surface area contributed by atoms with E-state index in [1.807, 2.05) is 13.0 Å². The Labute approximate surface area is 123 Å². The van der Waals surface area contributed by atoms with Gasteiger partial charge in [0.2, 0.25) is 5.91 Å². The first-order valence-electron chi connectivity index (χ1n) is 5.86. The van der Waals surface area contributed by atoms with Crippen molar-refractivity contribution in [1.82, 2.24) is 4.90 Å². The highest BCUT2D eigenvalue weighted by atomic mass is 35.5. The average molecular weight is 309 g/mol. The Balaban J connectivity index is 2.64. The minimum absolute atomic E-state index is 0.0843. The molecule has 100 valence electrons. The molecule has 5 heteroatoms. The molecule has 0 aliphatic rings. The summed E-state index contributed by atoms with van der Waals surface area (Å²) in [7, 11) is 0. The van der Waals surface area contributed by atoms with Crippen molar-refractivity contribution in [2.45, 2.75) is 19.8 Å². The fourth-order valence-corrected chi connectivity index (χ4v) is 2.09. The van der Waals surface area contributed by atoms with Crippen LogP contribution in [0, 0.1) is 0 Å². The molecule has 0 saturated carbocycles. The molecule has 0 fully saturated rings. The maximum Gasteiger partial charge on any atom is 0.226 e. The lowest BCUT2D eigenvalue weighted by Crippen LogP contribution is -2.33. The van der Waals surface area contributed by atoms with E-state index in [2.05, 4.69) is 0 Å². The van der Waals surface area contributed by atoms with Crippen LogP contribution >= 0.6 is 34.8 Å². The molecule has 0 aliphatic heterocycles. The standard InChI is InChI=1S/C13H16Cl3NO/c1-2-17(7-3-6-14)13(18)9-10-4-5-11(15)12(16)8-10/h4-5,8H,2-3,6-7,9H2,1H3. The van der Waals surface area contributed by atoms with Crippen LogP contribution in [-0.2, 0) is 11.2 Å². The van der Waals surface area contributed by atoms with Crippen molar-refractivity contribution < 1.29 is 4.79 Å². The zero-order chi connectivity index (χ0) is 13.5. The molecule has 0 saturated heterocycles. The summed E-state index contributed by atoms with van der Waals surface area (Å²) >= 11 is 17.4. The van der Waals surface area contributed by atoms with E-state index < -0.39 is 0 Å². The average Bonchev–Trinajstić information content (AvgIpc) is 2.35. The lowest BCUT2D eigenvalue weighted by molar-refractivity contribution is -0.130. The molecule has 0 atom stereocenters. The normalized spacial score (nSPS) is 10.4. The van der Waals surface area contributed by atoms with E-state index in [1.165, 1.54) is 0 Å². The minimum atomic E-state index is 0.0843. The largest absolute Gasteiger partial charge is 0.343 e. The van der Waals surface area contributed by atoms with Crippen molar-refractivity contribution in [2.24, 2.45) is 0 Å². The second-order valence-corrected chi connectivity index (χ2v) is 5.13. The lowest BCUT2D eigenvalue weighted by atomic mass is 10.1. The Kier molecular flexibility index (Phi) is 6.83. The first-order valence-corrected chi connectivity index (χ1v) is 7.15. The second kappa shape index (κ2) is 7.88. The zero-order valence-electron chi connectivity index (χ0n) is 10.3. The number of amides is 1. The number of hydrogen-bond acceptors (Lipinski definition) is 1. The summed E-state index contributed by atoms with van der Waals surface area (Å²) in [6.45, 7) is 3.35. The Morgan fingerprint density at radius 3 is 2.56 bits per heavy atom. The van der Waals surface area contributed by atoms with Gasteiger partial charge in [-0.2, -0.15) is 0 Å². The molecular weight excluding hydrogens is 293 g/mol. The topological polar surface area (TPSA) is 20.3 Å². The van der Waals surface area contributed by atoms with Gasteiger partial charge in [0.1, 0.15) is 0 Å². The first kappa shape index (κ1) is 15.6. The monoisotopic (exact) mass is 307 g/mol. The molecule has 1 aromatic carbocycles. The molecule has 0 heterocycles. The number of rotatable bonds is 6. The Morgan fingerprint density at radius 2 is 2.00 bits per heavy atom. The van der Waals surface area contributed by atoms with Crippen LogP contribution in [0.25, 0.3) is 0 Å². The molecule has 18 heavy (non-hydrogen) atoms. The molecule has 0 N–H and O–H groups in total. The van der Waals surface area contributed by atoms with E-state index in [0.717, 1.165) is 12.0 Å². The Morgan fingerprint density at radius 1 is 1.28 bits per heavy atom. The molecule has 2 nitrogen and oxygen atoms in total. The van der Waals surface area contributed by atoms with Crippen LogP contribution in [0.4, 0.5) is 0 Å². The SMILES string of the molecule is CCN(CCCCl)C(=O)Cc1ccc(Cl)c(Cl)c1. The molecule has 1 rings (SSSR count). The third kappa shape index (κ3) is 4.68. The molecule has 0 radical (unpaired) electrons. The van der Waals surface area contributed by atoms with Gasteiger partial charge in [0, 0.05) is 19.0 Å². The van der Waals surface area contributed by atoms with Gasteiger partial charge in [0.15, 0.2) is 0 Å². The van der Waals surface area contributed by atoms with Gasteiger partial charge in [-0.15, -0.1) is 11.6 Å². The molecular formula is C13H16Cl3NO. The third-order valence-corrected chi connectivity index (χ3v) is 3.64. The maximum absolute atomic E-state index is 12.1. The summed E-state index contributed by atoms with van der Waals surface area (Å²) in [5.41, 5.74) is 0.874. The summed E-state index contributed by atoms with van der Waals surface area (Å²) in [6.07, 6.45) is 1.15. The van der Waals surface area contributed by atoms with Gasteiger partial charge in [-0.25, -0.2) is 0 Å². The van der Waals surface area contributed by atoms with Crippen molar-refractivity contribution in [3.05, 3.63) is 33.8 Å². The van der Waals surface area contributed by atoms with Crippen molar-refractivity contribution in [1.29, 1.82) is 0 Å². The summed E-state index contributed by atoms with van der Waals surface area (Å²) in [6, 6.07) is 5.26. The van der Waals surface area contributed by atoms with E-state index >= 15 is 0 Å². The maximum atomic E-state index is 12.1. The number of hydrogen-bond donors (Lipinski definition) is 0. The molecule has 0 spiro atoms. The van der Waals surface area contributed by atoms with Gasteiger partial charge in [0.05, 0.1) is 16.5 Å². The van der Waals surface area contributed by atoms with E-state index in [9.17, 15) is 4.79 Å². The van der Waals surface area contributed by atoms with Crippen LogP contribution in [0.15, 0.2) is 18.2 Å². The predicted molar refractivity (Wildman–Crippen MR) is 77.8 cm³/mol. The Bertz CT molecular complexity index is 409. The van der Waals surface area contributed by atoms with E-state index in [1.54, 1.807) is 17.0 Å². The highest BCUT2D eigenvalue weighted by Crippen LogP contribution is 2.23. The number of carbonyl (C=O) groups is 1. The van der Waals surface area contributed by atoms with Crippen LogP contribution in [0.2, 0.25) is 10.0 Å². The van der Waals surface area contributed by atoms with Crippen molar-refractivity contribution in [2.75, 3.05) is 19.0 Å². The molecule has 1 amide bonds. The van der Waals surface area contributed by atoms with E-state index in [-0.39, 0.29) is 5.91 Å². The number of alkyl halides is 1. The molecule has 1 aromatic rings. The first-order chi connectivity index (χ1) is 8.58. The van der Waals surface area contributed by atoms with Crippen molar-refractivity contribution in [3.63, 3.8) is 0 Å². The quantitative estimate of drug-likeness (QED) is 0.727. The van der Waals surface area contributed by atoms with Crippen LogP contribution in [0.3, 0.4) is 0 Å². The predicted octanol–water partition coefficient (Wildman–Crippen LogP) is 4.01. The van der Waals surface area contributed by atoms with E-state index in [4.69, 9.17) is 34.8 Å². The number of likely N-dealkylation sites (N-methyl/N-ethyl adjacent to an activating group) is 1. The van der Waals surface area contributed by atoms with Crippen molar-refractivity contribution in [3.8, 4) is 0 Å². The molecule has 0 aliphatic carbocycles. The lowest BCUT2D eigenvalue weighted by Gasteiger charge is -2.20. The van der Waals surface area contributed by atoms with Crippen LogP contribution in [-0.4, -0.2) is 29.8 Å². The van der Waals surface area contributed by atoms with Crippen molar-refractivity contribution >= 4 is 40.7 Å². The fourth-order valence-electron chi connectivity index (χ4n) is 1.65. The number of halogens is 3. The highest BCUT2D eigenvalue weighted by molar-refractivity contribution is 6.42. The van der Waals surface area contributed by atoms with Crippen LogP contribution in [0.1, 0.15) is 18.9 Å². The smallest absolute Gasteiger partial charge is 0.226 e. The van der Waals surface area contributed by atoms with Gasteiger partial charge in [-0.3, -0.25) is 4.79 Å². The molecule has 0 bridgehead atoms. The van der Waals surface area contributed by atoms with E-state index in [0.29, 0.717) is 35.4 Å². The van der Waals surface area contributed by atoms with Gasteiger partial charge < -0.3 is 4.90 Å². The number of carbonyl (C=O) groups excluding carboxylic acids is 1. The molecule has 0 unspecified atom stereocenters. The van der Waals surface area contributed by atoms with Gasteiger partial charge in [-0.05, 0) is 31.0 Å². The number of benzene rings is 1. The summed E-state index contributed by atoms with van der Waals surface area (Å²) < 4.78 is 0. The summed E-state index contributed by atoms with van der Waals surface area (Å²) in [4.78, 5) is 13.8.